The first-order chi connectivity index (χ1) is 13.2. The van der Waals surface area contributed by atoms with Gasteiger partial charge in [0.05, 0.1) is 25.2 Å². The van der Waals surface area contributed by atoms with Crippen molar-refractivity contribution in [1.82, 2.24) is 9.97 Å². The Morgan fingerprint density at radius 1 is 0.889 bits per heavy atom. The van der Waals surface area contributed by atoms with Gasteiger partial charge in [0.15, 0.2) is 0 Å². The third-order valence-electron chi connectivity index (χ3n) is 4.99. The van der Waals surface area contributed by atoms with Crippen molar-refractivity contribution in [2.24, 2.45) is 0 Å². The zero-order valence-electron chi connectivity index (χ0n) is 15.8. The van der Waals surface area contributed by atoms with Crippen LogP contribution in [0, 0.1) is 6.92 Å². The summed E-state index contributed by atoms with van der Waals surface area (Å²) in [5.41, 5.74) is 4.47. The van der Waals surface area contributed by atoms with Crippen molar-refractivity contribution in [3.05, 3.63) is 66.5 Å². The highest BCUT2D eigenvalue weighted by molar-refractivity contribution is 5.61. The van der Waals surface area contributed by atoms with Gasteiger partial charge in [-0.3, -0.25) is 4.98 Å². The van der Waals surface area contributed by atoms with Crippen LogP contribution < -0.4 is 14.5 Å². The number of anilines is 2. The molecule has 1 saturated heterocycles. The van der Waals surface area contributed by atoms with Crippen LogP contribution in [0.25, 0.3) is 11.3 Å². The molecule has 3 aromatic rings. The molecule has 0 atom stereocenters. The molecule has 2 heterocycles. The number of methoxy groups -OCH3 is 1. The summed E-state index contributed by atoms with van der Waals surface area (Å²) < 4.78 is 5.34. The van der Waals surface area contributed by atoms with E-state index >= 15 is 0 Å². The maximum atomic E-state index is 5.34. The average Bonchev–Trinajstić information content (AvgIpc) is 2.74. The average molecular weight is 360 g/mol. The highest BCUT2D eigenvalue weighted by Gasteiger charge is 2.19. The molecule has 0 bridgehead atoms. The topological polar surface area (TPSA) is 41.5 Å². The van der Waals surface area contributed by atoms with Gasteiger partial charge in [-0.25, -0.2) is 4.98 Å². The zero-order chi connectivity index (χ0) is 18.6. The van der Waals surface area contributed by atoms with Crippen LogP contribution in [0.15, 0.2) is 60.9 Å². The molecule has 2 aromatic carbocycles. The van der Waals surface area contributed by atoms with Gasteiger partial charge in [0, 0.05) is 43.5 Å². The summed E-state index contributed by atoms with van der Waals surface area (Å²) in [7, 11) is 1.71. The maximum absolute atomic E-state index is 5.34. The van der Waals surface area contributed by atoms with E-state index in [1.54, 1.807) is 7.11 Å². The first-order valence-corrected chi connectivity index (χ1v) is 9.26. The summed E-state index contributed by atoms with van der Waals surface area (Å²) >= 11 is 0. The molecule has 5 heteroatoms. The predicted molar refractivity (Wildman–Crippen MR) is 110 cm³/mol. The molecule has 1 fully saturated rings. The van der Waals surface area contributed by atoms with Gasteiger partial charge in [0.25, 0.3) is 0 Å². The van der Waals surface area contributed by atoms with Gasteiger partial charge in [-0.2, -0.15) is 0 Å². The van der Waals surface area contributed by atoms with Gasteiger partial charge < -0.3 is 14.5 Å². The van der Waals surface area contributed by atoms with Crippen molar-refractivity contribution in [2.45, 2.75) is 6.92 Å². The van der Waals surface area contributed by atoms with E-state index in [4.69, 9.17) is 9.72 Å². The highest BCUT2D eigenvalue weighted by Crippen LogP contribution is 2.24. The van der Waals surface area contributed by atoms with Crippen LogP contribution in [-0.4, -0.2) is 43.3 Å². The number of aromatic nitrogens is 2. The molecule has 0 radical (unpaired) electrons. The number of hydrogen-bond acceptors (Lipinski definition) is 5. The highest BCUT2D eigenvalue weighted by atomic mass is 16.5. The van der Waals surface area contributed by atoms with Gasteiger partial charge in [-0.1, -0.05) is 35.9 Å². The van der Waals surface area contributed by atoms with Crippen LogP contribution >= 0.6 is 0 Å². The zero-order valence-corrected chi connectivity index (χ0v) is 15.8. The SMILES string of the molecule is COc1cccc(N2CCN(c3cncc(-c4ccc(C)cc4)n3)CC2)c1. The fourth-order valence-electron chi connectivity index (χ4n) is 3.37. The number of piperazine rings is 1. The molecule has 1 aromatic heterocycles. The second-order valence-corrected chi connectivity index (χ2v) is 6.80. The summed E-state index contributed by atoms with van der Waals surface area (Å²) in [4.78, 5) is 14.0. The van der Waals surface area contributed by atoms with Crippen LogP contribution in [-0.2, 0) is 0 Å². The van der Waals surface area contributed by atoms with E-state index in [0.717, 1.165) is 49.0 Å². The molecule has 138 valence electrons. The first-order valence-electron chi connectivity index (χ1n) is 9.26. The Balaban J connectivity index is 1.46. The van der Waals surface area contributed by atoms with Gasteiger partial charge in [0.1, 0.15) is 11.6 Å². The predicted octanol–water partition coefficient (Wildman–Crippen LogP) is 3.79. The van der Waals surface area contributed by atoms with E-state index in [-0.39, 0.29) is 0 Å². The Morgan fingerprint density at radius 3 is 2.37 bits per heavy atom. The Hall–Kier alpha value is -3.08. The second-order valence-electron chi connectivity index (χ2n) is 6.80. The molecule has 0 aliphatic carbocycles. The Kier molecular flexibility index (Phi) is 4.92. The fraction of sp³-hybridized carbons (Fsp3) is 0.273. The minimum atomic E-state index is 0.895. The van der Waals surface area contributed by atoms with Crippen molar-refractivity contribution < 1.29 is 4.74 Å². The summed E-state index contributed by atoms with van der Waals surface area (Å²) in [6.07, 6.45) is 3.69. The van der Waals surface area contributed by atoms with Gasteiger partial charge in [-0.05, 0) is 19.1 Å². The molecule has 0 amide bonds. The normalized spacial score (nSPS) is 14.3. The van der Waals surface area contributed by atoms with Gasteiger partial charge in [-0.15, -0.1) is 0 Å². The summed E-state index contributed by atoms with van der Waals surface area (Å²) in [6, 6.07) is 16.7. The largest absolute Gasteiger partial charge is 0.497 e. The second kappa shape index (κ2) is 7.66. The molecule has 4 rings (SSSR count). The van der Waals surface area contributed by atoms with E-state index in [2.05, 4.69) is 58.1 Å². The van der Waals surface area contributed by atoms with Crippen molar-refractivity contribution >= 4 is 11.5 Å². The first kappa shape index (κ1) is 17.3. The smallest absolute Gasteiger partial charge is 0.147 e. The Bertz CT molecular complexity index is 902. The number of aryl methyl sites for hydroxylation is 1. The monoisotopic (exact) mass is 360 g/mol. The van der Waals surface area contributed by atoms with Crippen LogP contribution in [0.4, 0.5) is 11.5 Å². The standard InChI is InChI=1S/C22H24N4O/c1-17-6-8-18(9-7-17)21-15-23-16-22(24-21)26-12-10-25(11-13-26)19-4-3-5-20(14-19)27-2/h3-9,14-16H,10-13H2,1-2H3. The molecule has 1 aliphatic heterocycles. The van der Waals surface area contributed by atoms with E-state index < -0.39 is 0 Å². The van der Waals surface area contributed by atoms with Crippen LogP contribution in [0.1, 0.15) is 5.56 Å². The third kappa shape index (κ3) is 3.87. The molecular weight excluding hydrogens is 336 g/mol. The molecule has 0 spiro atoms. The minimum Gasteiger partial charge on any atom is -0.497 e. The summed E-state index contributed by atoms with van der Waals surface area (Å²) in [5.74, 6) is 1.84. The number of benzene rings is 2. The van der Waals surface area contributed by atoms with Crippen molar-refractivity contribution in [2.75, 3.05) is 43.1 Å². The molecule has 1 aliphatic rings. The number of rotatable bonds is 4. The van der Waals surface area contributed by atoms with E-state index in [1.807, 2.05) is 24.5 Å². The van der Waals surface area contributed by atoms with Crippen molar-refractivity contribution in [3.63, 3.8) is 0 Å². The van der Waals surface area contributed by atoms with E-state index in [0.29, 0.717) is 0 Å². The van der Waals surface area contributed by atoms with Crippen LogP contribution in [0.3, 0.4) is 0 Å². The Labute approximate surface area is 160 Å². The van der Waals surface area contributed by atoms with Crippen molar-refractivity contribution in [1.29, 1.82) is 0 Å². The number of hydrogen-bond donors (Lipinski definition) is 0. The molecule has 0 unspecified atom stereocenters. The van der Waals surface area contributed by atoms with E-state index in [9.17, 15) is 0 Å². The summed E-state index contributed by atoms with van der Waals surface area (Å²) in [5, 5.41) is 0. The lowest BCUT2D eigenvalue weighted by Crippen LogP contribution is -2.46. The Morgan fingerprint density at radius 2 is 1.63 bits per heavy atom. The van der Waals surface area contributed by atoms with Crippen molar-refractivity contribution in [3.8, 4) is 17.0 Å². The lowest BCUT2D eigenvalue weighted by atomic mass is 10.1. The summed E-state index contributed by atoms with van der Waals surface area (Å²) in [6.45, 7) is 5.83. The lowest BCUT2D eigenvalue weighted by Gasteiger charge is -2.36. The van der Waals surface area contributed by atoms with Crippen LogP contribution in [0.5, 0.6) is 5.75 Å². The number of nitrogens with zero attached hydrogens (tertiary/aromatic N) is 4. The third-order valence-corrected chi connectivity index (χ3v) is 4.99. The van der Waals surface area contributed by atoms with Gasteiger partial charge in [0.2, 0.25) is 0 Å². The number of ether oxygens (including phenoxy) is 1. The van der Waals surface area contributed by atoms with Gasteiger partial charge >= 0.3 is 0 Å². The maximum Gasteiger partial charge on any atom is 0.147 e. The van der Waals surface area contributed by atoms with E-state index in [1.165, 1.54) is 11.3 Å². The fourth-order valence-corrected chi connectivity index (χ4v) is 3.37. The molecule has 0 saturated carbocycles. The lowest BCUT2D eigenvalue weighted by molar-refractivity contribution is 0.414. The molecular formula is C22H24N4O. The molecule has 0 N–H and O–H groups in total. The molecule has 5 nitrogen and oxygen atoms in total. The molecule has 27 heavy (non-hydrogen) atoms. The van der Waals surface area contributed by atoms with Crippen LogP contribution in [0.2, 0.25) is 0 Å². The quantitative estimate of drug-likeness (QED) is 0.708. The minimum absolute atomic E-state index is 0.895.